The number of hydrogen-bond acceptors (Lipinski definition) is 0. The number of hydrogen-bond donors (Lipinski definition) is 0. The number of rotatable bonds is 3. The Morgan fingerprint density at radius 2 is 1.54 bits per heavy atom. The largest absolute Gasteiger partial charge is 0.0778 e. The molecule has 2 aliphatic rings. The summed E-state index contributed by atoms with van der Waals surface area (Å²) in [6.07, 6.45) is 7.34. The van der Waals surface area contributed by atoms with Crippen LogP contribution in [-0.4, -0.2) is 9.52 Å². The lowest BCUT2D eigenvalue weighted by molar-refractivity contribution is 0.590. The first-order valence-corrected chi connectivity index (χ1v) is 12.2. The monoisotopic (exact) mass is 384 g/mol. The van der Waals surface area contributed by atoms with Gasteiger partial charge in [-0.05, 0) is 65.1 Å². The highest BCUT2D eigenvalue weighted by molar-refractivity contribution is 6.44. The molecule has 0 amide bonds. The second-order valence-corrected chi connectivity index (χ2v) is 11.9. The van der Waals surface area contributed by atoms with Crippen molar-refractivity contribution in [1.82, 2.24) is 0 Å². The van der Waals surface area contributed by atoms with E-state index in [4.69, 9.17) is 0 Å². The Bertz CT molecular complexity index is 994. The molecular weight excluding hydrogens is 352 g/mol. The van der Waals surface area contributed by atoms with E-state index in [1.54, 1.807) is 16.7 Å². The molecule has 0 aromatic heterocycles. The first-order chi connectivity index (χ1) is 13.2. The highest BCUT2D eigenvalue weighted by Gasteiger charge is 2.28. The van der Waals surface area contributed by atoms with E-state index < -0.39 is 0 Å². The van der Waals surface area contributed by atoms with Crippen LogP contribution < -0.4 is 0 Å². The maximum atomic E-state index is 2.50. The van der Waals surface area contributed by atoms with Gasteiger partial charge in [-0.3, -0.25) is 0 Å². The summed E-state index contributed by atoms with van der Waals surface area (Å²) in [4.78, 5) is 0. The summed E-state index contributed by atoms with van der Waals surface area (Å²) in [6.45, 7) is 13.7. The Balaban J connectivity index is 1.68. The van der Waals surface area contributed by atoms with Crippen molar-refractivity contribution in [3.05, 3.63) is 88.0 Å². The molecule has 4 rings (SSSR count). The van der Waals surface area contributed by atoms with Crippen LogP contribution in [0.2, 0.25) is 5.54 Å². The summed E-state index contributed by atoms with van der Waals surface area (Å²) < 4.78 is 0. The molecule has 0 saturated heterocycles. The molecule has 0 saturated carbocycles. The van der Waals surface area contributed by atoms with Crippen LogP contribution >= 0.6 is 0 Å². The molecule has 0 N–H and O–H groups in total. The van der Waals surface area contributed by atoms with Crippen molar-refractivity contribution in [2.24, 2.45) is 0 Å². The average Bonchev–Trinajstić information content (AvgIpc) is 3.13. The summed E-state index contributed by atoms with van der Waals surface area (Å²) >= 11 is 0. The first-order valence-electron chi connectivity index (χ1n) is 10.5. The van der Waals surface area contributed by atoms with Gasteiger partial charge in [-0.15, -0.1) is 0 Å². The van der Waals surface area contributed by atoms with Crippen LogP contribution in [0.4, 0.5) is 0 Å². The van der Waals surface area contributed by atoms with Crippen LogP contribution in [0, 0.1) is 0 Å². The Kier molecular flexibility index (Phi) is 4.83. The fourth-order valence-electron chi connectivity index (χ4n) is 4.81. The molecule has 2 aliphatic carbocycles. The molecule has 0 fully saturated rings. The lowest BCUT2D eigenvalue weighted by Crippen LogP contribution is -2.13. The van der Waals surface area contributed by atoms with Gasteiger partial charge in [0, 0.05) is 9.52 Å². The van der Waals surface area contributed by atoms with Crippen molar-refractivity contribution in [2.75, 3.05) is 0 Å². The molecule has 2 aromatic rings. The van der Waals surface area contributed by atoms with Gasteiger partial charge in [0.05, 0.1) is 0 Å². The van der Waals surface area contributed by atoms with E-state index in [-0.39, 0.29) is 14.9 Å². The summed E-state index contributed by atoms with van der Waals surface area (Å²) in [7, 11) is -0.305. The molecule has 0 radical (unpaired) electrons. The number of fused-ring (bicyclic) bond motifs is 1. The third-order valence-corrected chi connectivity index (χ3v) is 9.44. The van der Waals surface area contributed by atoms with Crippen LogP contribution in [0.5, 0.6) is 0 Å². The Morgan fingerprint density at radius 1 is 0.821 bits per heavy atom. The van der Waals surface area contributed by atoms with Crippen LogP contribution in [0.1, 0.15) is 63.8 Å². The fraction of sp³-hybridized carbons (Fsp3) is 0.333. The highest BCUT2D eigenvalue weighted by atomic mass is 28.2. The average molecular weight is 385 g/mol. The summed E-state index contributed by atoms with van der Waals surface area (Å²) in [6, 6.07) is 16.1. The predicted octanol–water partition coefficient (Wildman–Crippen LogP) is 6.97. The molecule has 0 heterocycles. The molecule has 0 bridgehead atoms. The minimum Gasteiger partial charge on any atom is -0.0778 e. The Morgan fingerprint density at radius 3 is 2.14 bits per heavy atom. The first kappa shape index (κ1) is 19.2. The van der Waals surface area contributed by atoms with Gasteiger partial charge in [-0.25, -0.2) is 0 Å². The fourth-order valence-corrected chi connectivity index (χ4v) is 7.41. The third kappa shape index (κ3) is 3.49. The summed E-state index contributed by atoms with van der Waals surface area (Å²) in [5, 5.41) is 0. The van der Waals surface area contributed by atoms with Gasteiger partial charge in [0.1, 0.15) is 0 Å². The maximum Gasteiger partial charge on any atom is 0.0467 e. The van der Waals surface area contributed by atoms with E-state index in [1.807, 2.05) is 0 Å². The van der Waals surface area contributed by atoms with Gasteiger partial charge in [0.2, 0.25) is 0 Å². The van der Waals surface area contributed by atoms with Gasteiger partial charge in [0.15, 0.2) is 0 Å². The quantitative estimate of drug-likeness (QED) is 0.501. The second kappa shape index (κ2) is 7.04. The normalized spacial score (nSPS) is 21.7. The van der Waals surface area contributed by atoms with Crippen LogP contribution in [0.3, 0.4) is 0 Å². The molecule has 2 atom stereocenters. The molecule has 28 heavy (non-hydrogen) atoms. The van der Waals surface area contributed by atoms with Crippen LogP contribution in [0.25, 0.3) is 17.2 Å². The van der Waals surface area contributed by atoms with E-state index in [9.17, 15) is 0 Å². The predicted molar refractivity (Wildman–Crippen MR) is 127 cm³/mol. The van der Waals surface area contributed by atoms with Crippen molar-refractivity contribution >= 4 is 15.6 Å². The van der Waals surface area contributed by atoms with Gasteiger partial charge in [0.25, 0.3) is 0 Å². The molecule has 2 unspecified atom stereocenters. The second-order valence-electron chi connectivity index (χ2n) is 9.72. The Labute approximate surface area is 172 Å². The number of allylic oxidation sites excluding steroid dienone is 5. The van der Waals surface area contributed by atoms with E-state index in [2.05, 4.69) is 102 Å². The molecule has 0 aliphatic heterocycles. The van der Waals surface area contributed by atoms with Crippen molar-refractivity contribution in [3.63, 3.8) is 0 Å². The zero-order chi connectivity index (χ0) is 20.1. The summed E-state index contributed by atoms with van der Waals surface area (Å²) in [5.74, 6) is 0. The van der Waals surface area contributed by atoms with Gasteiger partial charge in [-0.1, -0.05) is 98.2 Å². The molecule has 144 valence electrons. The molecule has 1 heteroatoms. The molecule has 0 nitrogen and oxygen atoms in total. The van der Waals surface area contributed by atoms with E-state index in [0.29, 0.717) is 11.1 Å². The smallest absolute Gasteiger partial charge is 0.0467 e. The lowest BCUT2D eigenvalue weighted by atomic mass is 9.86. The van der Waals surface area contributed by atoms with Crippen molar-refractivity contribution < 1.29 is 0 Å². The number of benzene rings is 2. The lowest BCUT2D eigenvalue weighted by Gasteiger charge is -2.20. The SMILES string of the molecule is CC1=CC([SiH2]C2C(C)=Cc3c(-c4ccc(C(C)(C)C)cc4)cccc32)C(C)=C1. The van der Waals surface area contributed by atoms with Crippen molar-refractivity contribution in [3.8, 4) is 11.1 Å². The van der Waals surface area contributed by atoms with Crippen LogP contribution in [-0.2, 0) is 5.41 Å². The Hall–Kier alpha value is -2.12. The van der Waals surface area contributed by atoms with Gasteiger partial charge < -0.3 is 0 Å². The van der Waals surface area contributed by atoms with Crippen molar-refractivity contribution in [2.45, 2.75) is 58.0 Å². The summed E-state index contributed by atoms with van der Waals surface area (Å²) in [5.41, 5.74) is 13.3. The molecular formula is C27H32Si. The maximum absolute atomic E-state index is 2.50. The minimum absolute atomic E-state index is 0.197. The van der Waals surface area contributed by atoms with Gasteiger partial charge >= 0.3 is 0 Å². The van der Waals surface area contributed by atoms with Crippen molar-refractivity contribution in [1.29, 1.82) is 0 Å². The highest BCUT2D eigenvalue weighted by Crippen LogP contribution is 2.43. The van der Waals surface area contributed by atoms with E-state index in [0.717, 1.165) is 0 Å². The zero-order valence-electron chi connectivity index (χ0n) is 18.1. The topological polar surface area (TPSA) is 0 Å². The van der Waals surface area contributed by atoms with E-state index >= 15 is 0 Å². The molecule has 2 aromatic carbocycles. The van der Waals surface area contributed by atoms with Gasteiger partial charge in [-0.2, -0.15) is 0 Å². The third-order valence-electron chi connectivity index (χ3n) is 6.49. The standard InChI is InChI=1S/C27H32Si/c1-17-14-18(2)25(15-17)28-26-19(3)16-24-22(8-7-9-23(24)26)20-10-12-21(13-11-20)27(4,5)6/h7-16,25-26H,28H2,1-6H3. The molecule has 0 spiro atoms. The minimum atomic E-state index is -0.305. The zero-order valence-corrected chi connectivity index (χ0v) is 19.5. The van der Waals surface area contributed by atoms with E-state index in [1.165, 1.54) is 27.8 Å². The van der Waals surface area contributed by atoms with Crippen LogP contribution in [0.15, 0.2) is 71.3 Å².